The third-order valence-electron chi connectivity index (χ3n) is 4.28. The second kappa shape index (κ2) is 5.65. The highest BCUT2D eigenvalue weighted by Crippen LogP contribution is 2.49. The Bertz CT molecular complexity index is 706. The molecule has 0 unspecified atom stereocenters. The molecule has 1 amide bonds. The third-order valence-corrected chi connectivity index (χ3v) is 4.51. The Labute approximate surface area is 135 Å². The first-order chi connectivity index (χ1) is 10.5. The van der Waals surface area contributed by atoms with Crippen LogP contribution in [-0.4, -0.2) is 13.0 Å². The lowest BCUT2D eigenvalue weighted by Gasteiger charge is -2.17. The molecule has 0 radical (unpaired) electrons. The molecule has 0 spiro atoms. The summed E-state index contributed by atoms with van der Waals surface area (Å²) in [7, 11) is 1.64. The number of methoxy groups -OCH3 is 1. The number of aryl methyl sites for hydroxylation is 1. The van der Waals surface area contributed by atoms with Gasteiger partial charge in [0.25, 0.3) is 0 Å². The Morgan fingerprint density at radius 2 is 1.86 bits per heavy atom. The fourth-order valence-corrected chi connectivity index (χ4v) is 2.82. The molecule has 4 heteroatoms. The molecule has 0 aromatic heterocycles. The van der Waals surface area contributed by atoms with E-state index < -0.39 is 5.41 Å². The fraction of sp³-hybridized carbons (Fsp3) is 0.278. The van der Waals surface area contributed by atoms with Crippen molar-refractivity contribution in [3.63, 3.8) is 0 Å². The van der Waals surface area contributed by atoms with Crippen molar-refractivity contribution in [2.45, 2.75) is 25.2 Å². The third kappa shape index (κ3) is 2.69. The standard InChI is InChI=1S/C18H18ClNO2/c1-12-3-6-14(19)11-16(12)20-17(21)18(9-10-18)13-4-7-15(22-2)8-5-13/h3-8,11H,9-10H2,1-2H3,(H,20,21). The smallest absolute Gasteiger partial charge is 0.235 e. The fourth-order valence-electron chi connectivity index (χ4n) is 2.65. The Kier molecular flexibility index (Phi) is 3.83. The summed E-state index contributed by atoms with van der Waals surface area (Å²) in [6.07, 6.45) is 1.73. The highest BCUT2D eigenvalue weighted by Gasteiger charge is 2.51. The molecule has 0 heterocycles. The van der Waals surface area contributed by atoms with Crippen molar-refractivity contribution in [1.82, 2.24) is 0 Å². The first-order valence-electron chi connectivity index (χ1n) is 7.27. The van der Waals surface area contributed by atoms with Crippen molar-refractivity contribution in [2.75, 3.05) is 12.4 Å². The first kappa shape index (κ1) is 14.9. The van der Waals surface area contributed by atoms with Crippen LogP contribution in [0.15, 0.2) is 42.5 Å². The van der Waals surface area contributed by atoms with E-state index in [1.807, 2.05) is 43.3 Å². The van der Waals surface area contributed by atoms with Gasteiger partial charge in [-0.3, -0.25) is 4.79 Å². The maximum atomic E-state index is 12.7. The van der Waals surface area contributed by atoms with Crippen molar-refractivity contribution in [3.05, 3.63) is 58.6 Å². The Morgan fingerprint density at radius 3 is 2.45 bits per heavy atom. The van der Waals surface area contributed by atoms with Gasteiger partial charge in [-0.25, -0.2) is 0 Å². The van der Waals surface area contributed by atoms with Crippen molar-refractivity contribution in [2.24, 2.45) is 0 Å². The maximum absolute atomic E-state index is 12.7. The topological polar surface area (TPSA) is 38.3 Å². The van der Waals surface area contributed by atoms with Crippen molar-refractivity contribution >= 4 is 23.2 Å². The number of halogens is 1. The van der Waals surface area contributed by atoms with E-state index >= 15 is 0 Å². The van der Waals surface area contributed by atoms with Gasteiger partial charge in [-0.2, -0.15) is 0 Å². The molecule has 0 atom stereocenters. The minimum absolute atomic E-state index is 0.0306. The molecule has 114 valence electrons. The SMILES string of the molecule is COc1ccc(C2(C(=O)Nc3cc(Cl)ccc3C)CC2)cc1. The zero-order valence-electron chi connectivity index (χ0n) is 12.7. The van der Waals surface area contributed by atoms with Gasteiger partial charge in [-0.1, -0.05) is 29.8 Å². The van der Waals surface area contributed by atoms with Crippen LogP contribution in [0, 0.1) is 6.92 Å². The molecule has 1 aliphatic rings. The summed E-state index contributed by atoms with van der Waals surface area (Å²) in [5.74, 6) is 0.827. The van der Waals surface area contributed by atoms with Crippen molar-refractivity contribution in [1.29, 1.82) is 0 Å². The summed E-state index contributed by atoms with van der Waals surface area (Å²) in [5.41, 5.74) is 2.40. The van der Waals surface area contributed by atoms with Gasteiger partial charge in [0.1, 0.15) is 5.75 Å². The van der Waals surface area contributed by atoms with E-state index in [2.05, 4.69) is 5.32 Å². The summed E-state index contributed by atoms with van der Waals surface area (Å²) in [5, 5.41) is 3.65. The number of ether oxygens (including phenoxy) is 1. The van der Waals surface area contributed by atoms with Gasteiger partial charge in [0, 0.05) is 10.7 Å². The van der Waals surface area contributed by atoms with Crippen LogP contribution in [0.3, 0.4) is 0 Å². The number of carbonyl (C=O) groups is 1. The number of amides is 1. The Hall–Kier alpha value is -2.00. The second-order valence-corrected chi connectivity index (χ2v) is 6.16. The van der Waals surface area contributed by atoms with Gasteiger partial charge in [0.15, 0.2) is 0 Å². The minimum Gasteiger partial charge on any atom is -0.497 e. The lowest BCUT2D eigenvalue weighted by atomic mass is 9.94. The first-order valence-corrected chi connectivity index (χ1v) is 7.65. The number of anilines is 1. The van der Waals surface area contributed by atoms with E-state index in [-0.39, 0.29) is 5.91 Å². The summed E-state index contributed by atoms with van der Waals surface area (Å²) in [4.78, 5) is 12.7. The van der Waals surface area contributed by atoms with Crippen LogP contribution in [0.1, 0.15) is 24.0 Å². The molecule has 22 heavy (non-hydrogen) atoms. The molecule has 1 aliphatic carbocycles. The van der Waals surface area contributed by atoms with E-state index in [1.165, 1.54) is 0 Å². The number of carbonyl (C=O) groups excluding carboxylic acids is 1. The van der Waals surface area contributed by atoms with E-state index in [1.54, 1.807) is 13.2 Å². The largest absolute Gasteiger partial charge is 0.497 e. The van der Waals surface area contributed by atoms with Crippen LogP contribution in [0.25, 0.3) is 0 Å². The number of hydrogen-bond donors (Lipinski definition) is 1. The van der Waals surface area contributed by atoms with E-state index in [4.69, 9.17) is 16.3 Å². The van der Waals surface area contributed by atoms with Gasteiger partial charge in [0.05, 0.1) is 12.5 Å². The van der Waals surface area contributed by atoms with Gasteiger partial charge in [-0.05, 0) is 55.2 Å². The molecule has 1 N–H and O–H groups in total. The van der Waals surface area contributed by atoms with Crippen LogP contribution in [0.2, 0.25) is 5.02 Å². The maximum Gasteiger partial charge on any atom is 0.235 e. The van der Waals surface area contributed by atoms with Crippen LogP contribution >= 0.6 is 11.6 Å². The van der Waals surface area contributed by atoms with E-state index in [0.29, 0.717) is 5.02 Å². The molecule has 1 saturated carbocycles. The Morgan fingerprint density at radius 1 is 1.18 bits per heavy atom. The van der Waals surface area contributed by atoms with Crippen molar-refractivity contribution < 1.29 is 9.53 Å². The molecule has 2 aromatic rings. The summed E-state index contributed by atoms with van der Waals surface area (Å²) >= 11 is 6.02. The monoisotopic (exact) mass is 315 g/mol. The number of hydrogen-bond acceptors (Lipinski definition) is 2. The zero-order chi connectivity index (χ0) is 15.7. The molecule has 2 aromatic carbocycles. The van der Waals surface area contributed by atoms with E-state index in [0.717, 1.165) is 35.4 Å². The predicted octanol–water partition coefficient (Wildman–Crippen LogP) is 4.33. The van der Waals surface area contributed by atoms with E-state index in [9.17, 15) is 4.79 Å². The van der Waals surface area contributed by atoms with Crippen LogP contribution < -0.4 is 10.1 Å². The molecule has 0 bridgehead atoms. The van der Waals surface area contributed by atoms with Crippen LogP contribution in [0.5, 0.6) is 5.75 Å². The number of benzene rings is 2. The lowest BCUT2D eigenvalue weighted by Crippen LogP contribution is -2.28. The highest BCUT2D eigenvalue weighted by molar-refractivity contribution is 6.31. The second-order valence-electron chi connectivity index (χ2n) is 5.72. The Balaban J connectivity index is 1.83. The van der Waals surface area contributed by atoms with Gasteiger partial charge in [0.2, 0.25) is 5.91 Å². The molecule has 3 nitrogen and oxygen atoms in total. The minimum atomic E-state index is -0.416. The average molecular weight is 316 g/mol. The quantitative estimate of drug-likeness (QED) is 0.912. The average Bonchev–Trinajstić information content (AvgIpc) is 3.33. The van der Waals surface area contributed by atoms with Crippen LogP contribution in [0.4, 0.5) is 5.69 Å². The molecular weight excluding hydrogens is 298 g/mol. The molecule has 1 fully saturated rings. The normalized spacial score (nSPS) is 15.2. The summed E-state index contributed by atoms with van der Waals surface area (Å²) < 4.78 is 5.17. The highest BCUT2D eigenvalue weighted by atomic mass is 35.5. The van der Waals surface area contributed by atoms with Gasteiger partial charge >= 0.3 is 0 Å². The van der Waals surface area contributed by atoms with Gasteiger partial charge < -0.3 is 10.1 Å². The molecule has 3 rings (SSSR count). The van der Waals surface area contributed by atoms with Gasteiger partial charge in [-0.15, -0.1) is 0 Å². The summed E-state index contributed by atoms with van der Waals surface area (Å²) in [6, 6.07) is 13.2. The molecule has 0 aliphatic heterocycles. The lowest BCUT2D eigenvalue weighted by molar-refractivity contribution is -0.118. The number of nitrogens with one attached hydrogen (secondary N) is 1. The van der Waals surface area contributed by atoms with Crippen molar-refractivity contribution in [3.8, 4) is 5.75 Å². The predicted molar refractivity (Wildman–Crippen MR) is 88.7 cm³/mol. The zero-order valence-corrected chi connectivity index (χ0v) is 13.4. The summed E-state index contributed by atoms with van der Waals surface area (Å²) in [6.45, 7) is 1.96. The van der Waals surface area contributed by atoms with Crippen LogP contribution in [-0.2, 0) is 10.2 Å². The molecular formula is C18H18ClNO2. The number of rotatable bonds is 4. The molecule has 0 saturated heterocycles.